The van der Waals surface area contributed by atoms with Gasteiger partial charge in [0.15, 0.2) is 5.52 Å². The summed E-state index contributed by atoms with van der Waals surface area (Å²) in [5, 5.41) is 4.09. The maximum atomic E-state index is 11.8. The Morgan fingerprint density at radius 1 is 1.62 bits per heavy atom. The van der Waals surface area contributed by atoms with Gasteiger partial charge in [0, 0.05) is 12.5 Å². The molecule has 1 aliphatic heterocycles. The van der Waals surface area contributed by atoms with Crippen LogP contribution in [0.5, 0.6) is 0 Å². The van der Waals surface area contributed by atoms with Crippen LogP contribution in [0, 0.1) is 6.92 Å². The zero-order chi connectivity index (χ0) is 11.1. The summed E-state index contributed by atoms with van der Waals surface area (Å²) < 4.78 is 6.92. The fourth-order valence-electron chi connectivity index (χ4n) is 2.15. The summed E-state index contributed by atoms with van der Waals surface area (Å²) in [6, 6.07) is 0. The van der Waals surface area contributed by atoms with Gasteiger partial charge in [0.25, 0.3) is 5.56 Å². The lowest BCUT2D eigenvalue weighted by atomic mass is 10.0. The van der Waals surface area contributed by atoms with E-state index in [-0.39, 0.29) is 11.5 Å². The second kappa shape index (κ2) is 3.41. The Morgan fingerprint density at radius 3 is 3.25 bits per heavy atom. The fourth-order valence-corrected chi connectivity index (χ4v) is 2.15. The molecule has 1 fully saturated rings. The van der Waals surface area contributed by atoms with E-state index in [1.807, 2.05) is 6.92 Å². The molecule has 0 bridgehead atoms. The summed E-state index contributed by atoms with van der Waals surface area (Å²) in [5.74, 6) is 0.956. The van der Waals surface area contributed by atoms with Crippen LogP contribution in [0.15, 0.2) is 11.1 Å². The predicted octanol–water partition coefficient (Wildman–Crippen LogP) is 0.230. The van der Waals surface area contributed by atoms with Crippen molar-refractivity contribution >= 4 is 5.52 Å². The first-order valence-corrected chi connectivity index (χ1v) is 5.28. The molecule has 3 rings (SSSR count). The molecule has 0 radical (unpaired) electrons. The lowest BCUT2D eigenvalue weighted by Gasteiger charge is -2.02. The topological polar surface area (TPSA) is 72.3 Å². The van der Waals surface area contributed by atoms with Crippen molar-refractivity contribution in [3.05, 3.63) is 28.2 Å². The highest BCUT2D eigenvalue weighted by Gasteiger charge is 2.25. The van der Waals surface area contributed by atoms with E-state index in [9.17, 15) is 4.79 Å². The van der Waals surface area contributed by atoms with Crippen LogP contribution in [0.2, 0.25) is 0 Å². The van der Waals surface area contributed by atoms with Gasteiger partial charge in [0.05, 0.1) is 12.3 Å². The van der Waals surface area contributed by atoms with Crippen molar-refractivity contribution in [2.75, 3.05) is 13.2 Å². The SMILES string of the molecule is Cc1nc([C@H]2CCOC2)c2c(=O)[nH]cnn12. The Kier molecular flexibility index (Phi) is 2.03. The molecule has 84 valence electrons. The maximum absolute atomic E-state index is 11.8. The Labute approximate surface area is 91.3 Å². The molecule has 0 amide bonds. The van der Waals surface area contributed by atoms with Gasteiger partial charge in [0.1, 0.15) is 12.2 Å². The lowest BCUT2D eigenvalue weighted by Crippen LogP contribution is -2.13. The van der Waals surface area contributed by atoms with Crippen LogP contribution < -0.4 is 5.56 Å². The average molecular weight is 220 g/mol. The summed E-state index contributed by atoms with van der Waals surface area (Å²) in [6.45, 7) is 3.22. The van der Waals surface area contributed by atoms with E-state index in [0.717, 1.165) is 24.5 Å². The van der Waals surface area contributed by atoms with Gasteiger partial charge in [-0.1, -0.05) is 0 Å². The fraction of sp³-hybridized carbons (Fsp3) is 0.500. The van der Waals surface area contributed by atoms with Gasteiger partial charge in [-0.05, 0) is 13.3 Å². The predicted molar refractivity (Wildman–Crippen MR) is 56.5 cm³/mol. The molecule has 2 aromatic rings. The number of hydrogen-bond acceptors (Lipinski definition) is 4. The standard InChI is InChI=1S/C10H12N4O2/c1-6-13-8(7-2-3-16-4-7)9-10(15)11-5-12-14(6)9/h5,7H,2-4H2,1H3,(H,11,12,15)/t7-/m0/s1. The summed E-state index contributed by atoms with van der Waals surface area (Å²) in [6.07, 6.45) is 2.30. The summed E-state index contributed by atoms with van der Waals surface area (Å²) >= 11 is 0. The first-order chi connectivity index (χ1) is 7.77. The van der Waals surface area contributed by atoms with Gasteiger partial charge in [-0.15, -0.1) is 0 Å². The van der Waals surface area contributed by atoms with Crippen LogP contribution in [-0.4, -0.2) is 32.8 Å². The van der Waals surface area contributed by atoms with Crippen LogP contribution in [0.3, 0.4) is 0 Å². The van der Waals surface area contributed by atoms with Gasteiger partial charge in [-0.2, -0.15) is 5.10 Å². The number of aromatic amines is 1. The number of aryl methyl sites for hydroxylation is 1. The molecule has 6 nitrogen and oxygen atoms in total. The van der Waals surface area contributed by atoms with E-state index in [2.05, 4.69) is 15.1 Å². The van der Waals surface area contributed by atoms with Crippen molar-refractivity contribution in [3.63, 3.8) is 0 Å². The molecule has 6 heteroatoms. The van der Waals surface area contributed by atoms with Crippen LogP contribution in [0.25, 0.3) is 5.52 Å². The second-order valence-electron chi connectivity index (χ2n) is 3.98. The number of nitrogens with zero attached hydrogens (tertiary/aromatic N) is 3. The first kappa shape index (κ1) is 9.53. The third-order valence-corrected chi connectivity index (χ3v) is 2.94. The molecular weight excluding hydrogens is 208 g/mol. The highest BCUT2D eigenvalue weighted by molar-refractivity contribution is 5.51. The third kappa shape index (κ3) is 1.26. The average Bonchev–Trinajstić information content (AvgIpc) is 2.87. The number of imidazole rings is 1. The van der Waals surface area contributed by atoms with Crippen LogP contribution in [0.1, 0.15) is 23.9 Å². The molecule has 1 atom stereocenters. The highest BCUT2D eigenvalue weighted by Crippen LogP contribution is 2.26. The van der Waals surface area contributed by atoms with Crippen molar-refractivity contribution < 1.29 is 4.74 Å². The number of aromatic nitrogens is 4. The van der Waals surface area contributed by atoms with E-state index >= 15 is 0 Å². The number of hydrogen-bond donors (Lipinski definition) is 1. The molecule has 0 aliphatic carbocycles. The molecule has 0 aromatic carbocycles. The van der Waals surface area contributed by atoms with Crippen LogP contribution in [-0.2, 0) is 4.74 Å². The first-order valence-electron chi connectivity index (χ1n) is 5.28. The van der Waals surface area contributed by atoms with Gasteiger partial charge in [0.2, 0.25) is 0 Å². The minimum absolute atomic E-state index is 0.141. The van der Waals surface area contributed by atoms with Gasteiger partial charge >= 0.3 is 0 Å². The summed E-state index contributed by atoms with van der Waals surface area (Å²) in [4.78, 5) is 18.8. The van der Waals surface area contributed by atoms with E-state index in [1.54, 1.807) is 4.52 Å². The highest BCUT2D eigenvalue weighted by atomic mass is 16.5. The van der Waals surface area contributed by atoms with Gasteiger partial charge in [-0.25, -0.2) is 9.50 Å². The molecule has 0 spiro atoms. The number of rotatable bonds is 1. The summed E-state index contributed by atoms with van der Waals surface area (Å²) in [7, 11) is 0. The molecule has 2 aromatic heterocycles. The molecule has 16 heavy (non-hydrogen) atoms. The minimum Gasteiger partial charge on any atom is -0.381 e. The molecule has 1 saturated heterocycles. The molecule has 3 heterocycles. The van der Waals surface area contributed by atoms with E-state index in [1.165, 1.54) is 6.33 Å². The smallest absolute Gasteiger partial charge is 0.277 e. The molecule has 1 aliphatic rings. The number of ether oxygens (including phenoxy) is 1. The third-order valence-electron chi connectivity index (χ3n) is 2.94. The number of nitrogens with one attached hydrogen (secondary N) is 1. The normalized spacial score (nSPS) is 20.7. The number of H-pyrrole nitrogens is 1. The minimum atomic E-state index is -0.141. The second-order valence-corrected chi connectivity index (χ2v) is 3.98. The Morgan fingerprint density at radius 2 is 2.50 bits per heavy atom. The molecule has 1 N–H and O–H groups in total. The lowest BCUT2D eigenvalue weighted by molar-refractivity contribution is 0.193. The van der Waals surface area contributed by atoms with Gasteiger partial charge in [-0.3, -0.25) is 4.79 Å². The largest absolute Gasteiger partial charge is 0.381 e. The van der Waals surface area contributed by atoms with E-state index < -0.39 is 0 Å². The van der Waals surface area contributed by atoms with Crippen molar-refractivity contribution in [3.8, 4) is 0 Å². The van der Waals surface area contributed by atoms with Crippen LogP contribution in [0.4, 0.5) is 0 Å². The zero-order valence-electron chi connectivity index (χ0n) is 8.93. The maximum Gasteiger partial charge on any atom is 0.277 e. The van der Waals surface area contributed by atoms with Crippen LogP contribution >= 0.6 is 0 Å². The molecule has 0 unspecified atom stereocenters. The Hall–Kier alpha value is -1.69. The van der Waals surface area contributed by atoms with Crippen molar-refractivity contribution in [1.82, 2.24) is 19.6 Å². The van der Waals surface area contributed by atoms with Crippen molar-refractivity contribution in [1.29, 1.82) is 0 Å². The molecule has 0 saturated carbocycles. The van der Waals surface area contributed by atoms with Crippen molar-refractivity contribution in [2.45, 2.75) is 19.3 Å². The Balaban J connectivity index is 2.28. The monoisotopic (exact) mass is 220 g/mol. The number of fused-ring (bicyclic) bond motifs is 1. The molecular formula is C10H12N4O2. The Bertz CT molecular complexity index is 580. The van der Waals surface area contributed by atoms with E-state index in [0.29, 0.717) is 12.1 Å². The van der Waals surface area contributed by atoms with Gasteiger partial charge < -0.3 is 9.72 Å². The quantitative estimate of drug-likeness (QED) is 0.746. The van der Waals surface area contributed by atoms with Crippen molar-refractivity contribution in [2.24, 2.45) is 0 Å². The summed E-state index contributed by atoms with van der Waals surface area (Å²) in [5.41, 5.74) is 1.22. The zero-order valence-corrected chi connectivity index (χ0v) is 8.93. The van der Waals surface area contributed by atoms with E-state index in [4.69, 9.17) is 4.74 Å².